The minimum Gasteiger partial charge on any atom is -0.331 e. The van der Waals surface area contributed by atoms with E-state index in [1.54, 1.807) is 12.1 Å². The molecule has 1 aliphatic rings. The molecule has 22 heavy (non-hydrogen) atoms. The van der Waals surface area contributed by atoms with Crippen LogP contribution < -0.4 is 5.32 Å². The molecule has 3 rings (SSSR count). The number of carbonyl (C=O) groups is 2. The van der Waals surface area contributed by atoms with Crippen LogP contribution >= 0.6 is 11.3 Å². The summed E-state index contributed by atoms with van der Waals surface area (Å²) in [6.07, 6.45) is 2.02. The van der Waals surface area contributed by atoms with Crippen LogP contribution in [0.5, 0.6) is 0 Å². The predicted molar refractivity (Wildman–Crippen MR) is 88.1 cm³/mol. The molecule has 2 aromatic rings. The second kappa shape index (κ2) is 6.32. The Kier molecular flexibility index (Phi) is 4.24. The Morgan fingerprint density at radius 2 is 1.95 bits per heavy atom. The van der Waals surface area contributed by atoms with Gasteiger partial charge in [0.2, 0.25) is 5.91 Å². The fourth-order valence-corrected chi connectivity index (χ4v) is 3.77. The first-order chi connectivity index (χ1) is 10.6. The number of thiophene rings is 1. The number of nitrogens with one attached hydrogen (secondary N) is 1. The maximum atomic E-state index is 12.8. The molecule has 4 nitrogen and oxygen atoms in total. The lowest BCUT2D eigenvalue weighted by Gasteiger charge is -2.24. The fourth-order valence-electron chi connectivity index (χ4n) is 2.87. The Labute approximate surface area is 133 Å². The van der Waals surface area contributed by atoms with Crippen molar-refractivity contribution in [1.82, 2.24) is 4.90 Å². The molecule has 0 saturated carbocycles. The van der Waals surface area contributed by atoms with Crippen LogP contribution in [-0.4, -0.2) is 23.3 Å². The lowest BCUT2D eigenvalue weighted by molar-refractivity contribution is -0.114. The molecule has 0 bridgehead atoms. The summed E-state index contributed by atoms with van der Waals surface area (Å²) in [5.74, 6) is -0.0721. The lowest BCUT2D eigenvalue weighted by Crippen LogP contribution is -2.29. The summed E-state index contributed by atoms with van der Waals surface area (Å²) in [7, 11) is 0. The first kappa shape index (κ1) is 14.8. The van der Waals surface area contributed by atoms with Crippen molar-refractivity contribution in [2.75, 3.05) is 11.9 Å². The maximum absolute atomic E-state index is 12.8. The van der Waals surface area contributed by atoms with Gasteiger partial charge in [-0.1, -0.05) is 30.3 Å². The van der Waals surface area contributed by atoms with Gasteiger partial charge in [-0.3, -0.25) is 9.59 Å². The predicted octanol–water partition coefficient (Wildman–Crippen LogP) is 3.68. The minimum absolute atomic E-state index is 0.0490. The van der Waals surface area contributed by atoms with Crippen molar-refractivity contribution in [3.8, 4) is 0 Å². The number of hydrogen-bond donors (Lipinski definition) is 1. The highest BCUT2D eigenvalue weighted by Gasteiger charge is 2.31. The largest absolute Gasteiger partial charge is 0.331 e. The molecule has 0 radical (unpaired) electrons. The van der Waals surface area contributed by atoms with Gasteiger partial charge < -0.3 is 10.2 Å². The van der Waals surface area contributed by atoms with Crippen LogP contribution in [-0.2, 0) is 4.79 Å². The van der Waals surface area contributed by atoms with Crippen molar-refractivity contribution in [3.63, 3.8) is 0 Å². The normalized spacial score (nSPS) is 17.5. The summed E-state index contributed by atoms with van der Waals surface area (Å²) in [4.78, 5) is 26.5. The van der Waals surface area contributed by atoms with Crippen molar-refractivity contribution < 1.29 is 9.59 Å². The van der Waals surface area contributed by atoms with E-state index < -0.39 is 0 Å². The number of benzene rings is 1. The zero-order chi connectivity index (χ0) is 15.5. The average molecular weight is 314 g/mol. The first-order valence-corrected chi connectivity index (χ1v) is 8.20. The van der Waals surface area contributed by atoms with Crippen LogP contribution in [0.2, 0.25) is 0 Å². The standard InChI is InChI=1S/C17H18N2O2S/c1-12(20)18-16-10-9-15(22-16)17(21)19-11-5-8-14(19)13-6-3-2-4-7-13/h2-4,6-7,9-10,14H,5,8,11H2,1H3,(H,18,20). The third-order valence-corrected chi connectivity index (χ3v) is 4.80. The van der Waals surface area contributed by atoms with Crippen LogP contribution in [0.1, 0.15) is 41.0 Å². The first-order valence-electron chi connectivity index (χ1n) is 7.38. The molecule has 0 spiro atoms. The number of hydrogen-bond acceptors (Lipinski definition) is 3. The van der Waals surface area contributed by atoms with Crippen LogP contribution in [0.15, 0.2) is 42.5 Å². The topological polar surface area (TPSA) is 49.4 Å². The third kappa shape index (κ3) is 3.04. The summed E-state index contributed by atoms with van der Waals surface area (Å²) < 4.78 is 0. The van der Waals surface area contributed by atoms with Gasteiger partial charge in [0.25, 0.3) is 5.91 Å². The molecule has 5 heteroatoms. The summed E-state index contributed by atoms with van der Waals surface area (Å²) >= 11 is 1.33. The zero-order valence-corrected chi connectivity index (χ0v) is 13.2. The van der Waals surface area contributed by atoms with Crippen molar-refractivity contribution in [2.24, 2.45) is 0 Å². The summed E-state index contributed by atoms with van der Waals surface area (Å²) in [6, 6.07) is 13.9. The Bertz CT molecular complexity index is 681. The fraction of sp³-hybridized carbons (Fsp3) is 0.294. The van der Waals surface area contributed by atoms with Crippen molar-refractivity contribution in [1.29, 1.82) is 0 Å². The van der Waals surface area contributed by atoms with E-state index in [1.807, 2.05) is 23.1 Å². The van der Waals surface area contributed by atoms with Gasteiger partial charge in [0.05, 0.1) is 15.9 Å². The van der Waals surface area contributed by atoms with Gasteiger partial charge in [-0.05, 0) is 30.5 Å². The lowest BCUT2D eigenvalue weighted by atomic mass is 10.0. The van der Waals surface area contributed by atoms with E-state index in [9.17, 15) is 9.59 Å². The Morgan fingerprint density at radius 1 is 1.18 bits per heavy atom. The van der Waals surface area contributed by atoms with Crippen molar-refractivity contribution >= 4 is 28.2 Å². The average Bonchev–Trinajstić information content (AvgIpc) is 3.16. The summed E-state index contributed by atoms with van der Waals surface area (Å²) in [5.41, 5.74) is 1.19. The molecule has 1 saturated heterocycles. The van der Waals surface area contributed by atoms with Gasteiger partial charge >= 0.3 is 0 Å². The molecule has 1 aromatic heterocycles. The van der Waals surface area contributed by atoms with Crippen LogP contribution in [0.4, 0.5) is 5.00 Å². The quantitative estimate of drug-likeness (QED) is 0.939. The monoisotopic (exact) mass is 314 g/mol. The van der Waals surface area contributed by atoms with E-state index in [-0.39, 0.29) is 17.9 Å². The highest BCUT2D eigenvalue weighted by Crippen LogP contribution is 2.34. The van der Waals surface area contributed by atoms with Crippen LogP contribution in [0, 0.1) is 0 Å². The molecule has 1 fully saturated rings. The van der Waals surface area contributed by atoms with Crippen LogP contribution in [0.25, 0.3) is 0 Å². The molecule has 2 heterocycles. The SMILES string of the molecule is CC(=O)Nc1ccc(C(=O)N2CCCC2c2ccccc2)s1. The Hall–Kier alpha value is -2.14. The highest BCUT2D eigenvalue weighted by molar-refractivity contribution is 7.18. The molecule has 0 aliphatic carbocycles. The number of anilines is 1. The van der Waals surface area contributed by atoms with Gasteiger partial charge in [0, 0.05) is 13.5 Å². The van der Waals surface area contributed by atoms with E-state index in [1.165, 1.54) is 23.8 Å². The maximum Gasteiger partial charge on any atom is 0.264 e. The molecule has 1 aromatic carbocycles. The van der Waals surface area contributed by atoms with E-state index in [2.05, 4.69) is 17.4 Å². The summed E-state index contributed by atoms with van der Waals surface area (Å²) in [6.45, 7) is 2.25. The van der Waals surface area contributed by atoms with Gasteiger partial charge in [0.15, 0.2) is 0 Å². The highest BCUT2D eigenvalue weighted by atomic mass is 32.1. The van der Waals surface area contributed by atoms with Gasteiger partial charge in [-0.25, -0.2) is 0 Å². The molecule has 114 valence electrons. The number of carbonyl (C=O) groups excluding carboxylic acids is 2. The smallest absolute Gasteiger partial charge is 0.264 e. The number of rotatable bonds is 3. The van der Waals surface area contributed by atoms with Crippen LogP contribution in [0.3, 0.4) is 0 Å². The molecular weight excluding hydrogens is 296 g/mol. The van der Waals surface area contributed by atoms with E-state index >= 15 is 0 Å². The van der Waals surface area contributed by atoms with Gasteiger partial charge in [-0.2, -0.15) is 0 Å². The molecule has 2 amide bonds. The molecule has 1 unspecified atom stereocenters. The summed E-state index contributed by atoms with van der Waals surface area (Å²) in [5, 5.41) is 3.44. The molecule has 1 N–H and O–H groups in total. The number of likely N-dealkylation sites (tertiary alicyclic amines) is 1. The molecule has 1 atom stereocenters. The minimum atomic E-state index is -0.121. The number of amides is 2. The van der Waals surface area contributed by atoms with E-state index in [4.69, 9.17) is 0 Å². The number of nitrogens with zero attached hydrogens (tertiary/aromatic N) is 1. The van der Waals surface area contributed by atoms with Gasteiger partial charge in [0.1, 0.15) is 0 Å². The van der Waals surface area contributed by atoms with E-state index in [0.717, 1.165) is 19.4 Å². The van der Waals surface area contributed by atoms with Crippen molar-refractivity contribution in [3.05, 3.63) is 52.9 Å². The second-order valence-electron chi connectivity index (χ2n) is 5.41. The van der Waals surface area contributed by atoms with Gasteiger partial charge in [-0.15, -0.1) is 11.3 Å². The van der Waals surface area contributed by atoms with Crippen molar-refractivity contribution in [2.45, 2.75) is 25.8 Å². The second-order valence-corrected chi connectivity index (χ2v) is 6.50. The zero-order valence-electron chi connectivity index (χ0n) is 12.4. The molecule has 1 aliphatic heterocycles. The Balaban J connectivity index is 1.79. The van der Waals surface area contributed by atoms with E-state index in [0.29, 0.717) is 9.88 Å². The third-order valence-electron chi connectivity index (χ3n) is 3.81. The molecular formula is C17H18N2O2S. The Morgan fingerprint density at radius 3 is 2.68 bits per heavy atom.